The first-order chi connectivity index (χ1) is 11.1. The number of benzene rings is 1. The minimum absolute atomic E-state index is 0.0763. The second-order valence-electron chi connectivity index (χ2n) is 5.50. The lowest BCUT2D eigenvalue weighted by atomic mass is 10.1. The van der Waals surface area contributed by atoms with E-state index in [0.717, 1.165) is 18.8 Å². The zero-order valence-electron chi connectivity index (χ0n) is 12.6. The second-order valence-corrected chi connectivity index (χ2v) is 5.91. The summed E-state index contributed by atoms with van der Waals surface area (Å²) in [5, 5.41) is 2.65. The van der Waals surface area contributed by atoms with E-state index in [1.54, 1.807) is 12.3 Å². The number of amides is 1. The number of nitrogens with one attached hydrogen (secondary N) is 1. The zero-order chi connectivity index (χ0) is 16.2. The van der Waals surface area contributed by atoms with E-state index in [0.29, 0.717) is 5.82 Å². The molecule has 2 aromatic rings. The highest BCUT2D eigenvalue weighted by atomic mass is 35.5. The largest absolute Gasteiger partial charge is 0.370 e. The van der Waals surface area contributed by atoms with Crippen molar-refractivity contribution in [2.45, 2.75) is 19.3 Å². The molecule has 1 fully saturated rings. The fourth-order valence-electron chi connectivity index (χ4n) is 2.69. The van der Waals surface area contributed by atoms with Crippen molar-refractivity contribution in [3.05, 3.63) is 52.9 Å². The number of aromatic nitrogens is 1. The van der Waals surface area contributed by atoms with Gasteiger partial charge in [-0.05, 0) is 43.5 Å². The lowest BCUT2D eigenvalue weighted by molar-refractivity contribution is 0.102. The maximum atomic E-state index is 13.7. The molecule has 1 amide bonds. The number of pyridine rings is 1. The van der Waals surface area contributed by atoms with Crippen molar-refractivity contribution >= 4 is 29.0 Å². The molecule has 3 rings (SSSR count). The normalized spacial score (nSPS) is 14.6. The number of hydrogen-bond donors (Lipinski definition) is 1. The summed E-state index contributed by atoms with van der Waals surface area (Å²) in [6.45, 7) is 2.05. The molecule has 120 valence electrons. The van der Waals surface area contributed by atoms with Crippen molar-refractivity contribution in [3.63, 3.8) is 0 Å². The average Bonchev–Trinajstić information content (AvgIpc) is 2.56. The SMILES string of the molecule is O=C(Nc1ccc(N2CCCCC2)cn1)c1c(F)cccc1Cl. The fraction of sp³-hybridized carbons (Fsp3) is 0.294. The summed E-state index contributed by atoms with van der Waals surface area (Å²) in [4.78, 5) is 18.7. The molecular formula is C17H17ClFN3O. The number of carbonyl (C=O) groups is 1. The molecule has 2 heterocycles. The molecule has 0 atom stereocenters. The van der Waals surface area contributed by atoms with Gasteiger partial charge in [-0.25, -0.2) is 9.37 Å². The molecule has 1 aliphatic rings. The molecule has 1 aromatic carbocycles. The molecule has 1 aromatic heterocycles. The highest BCUT2D eigenvalue weighted by molar-refractivity contribution is 6.34. The highest BCUT2D eigenvalue weighted by Gasteiger charge is 2.17. The molecule has 1 aliphatic heterocycles. The average molecular weight is 334 g/mol. The van der Waals surface area contributed by atoms with Crippen LogP contribution >= 0.6 is 11.6 Å². The Kier molecular flexibility index (Phi) is 4.76. The van der Waals surface area contributed by atoms with Crippen molar-refractivity contribution in [1.82, 2.24) is 4.98 Å². The van der Waals surface area contributed by atoms with Crippen molar-refractivity contribution in [1.29, 1.82) is 0 Å². The first kappa shape index (κ1) is 15.7. The van der Waals surface area contributed by atoms with Gasteiger partial charge in [-0.2, -0.15) is 0 Å². The van der Waals surface area contributed by atoms with Gasteiger partial charge in [0.2, 0.25) is 0 Å². The third kappa shape index (κ3) is 3.62. The van der Waals surface area contributed by atoms with Gasteiger partial charge in [0, 0.05) is 13.1 Å². The smallest absolute Gasteiger partial charge is 0.261 e. The Hall–Kier alpha value is -2.14. The predicted molar refractivity (Wildman–Crippen MR) is 89.7 cm³/mol. The van der Waals surface area contributed by atoms with Crippen LogP contribution in [0.3, 0.4) is 0 Å². The highest BCUT2D eigenvalue weighted by Crippen LogP contribution is 2.22. The summed E-state index contributed by atoms with van der Waals surface area (Å²) in [7, 11) is 0. The third-order valence-corrected chi connectivity index (χ3v) is 4.22. The Morgan fingerprint density at radius 2 is 1.96 bits per heavy atom. The Bertz CT molecular complexity index is 679. The summed E-state index contributed by atoms with van der Waals surface area (Å²) in [5.74, 6) is -0.888. The fourth-order valence-corrected chi connectivity index (χ4v) is 2.94. The Morgan fingerprint density at radius 3 is 2.61 bits per heavy atom. The molecular weight excluding hydrogens is 317 g/mol. The molecule has 0 radical (unpaired) electrons. The van der Waals surface area contributed by atoms with E-state index >= 15 is 0 Å². The molecule has 0 aliphatic carbocycles. The Morgan fingerprint density at radius 1 is 1.17 bits per heavy atom. The van der Waals surface area contributed by atoms with Crippen LogP contribution < -0.4 is 10.2 Å². The van der Waals surface area contributed by atoms with Crippen LogP contribution in [-0.4, -0.2) is 24.0 Å². The van der Waals surface area contributed by atoms with Gasteiger partial charge >= 0.3 is 0 Å². The predicted octanol–water partition coefficient (Wildman–Crippen LogP) is 4.12. The standard InChI is InChI=1S/C17H17ClFN3O/c18-13-5-4-6-14(19)16(13)17(23)21-15-8-7-12(11-20-15)22-9-2-1-3-10-22/h4-8,11H,1-3,9-10H2,(H,20,21,23). The number of carbonyl (C=O) groups excluding carboxylic acids is 1. The topological polar surface area (TPSA) is 45.2 Å². The van der Waals surface area contributed by atoms with Crippen LogP contribution in [0.5, 0.6) is 0 Å². The van der Waals surface area contributed by atoms with Crippen LogP contribution in [0, 0.1) is 5.82 Å². The number of halogens is 2. The molecule has 1 N–H and O–H groups in total. The molecule has 6 heteroatoms. The summed E-state index contributed by atoms with van der Waals surface area (Å²) in [5.41, 5.74) is 0.864. The van der Waals surface area contributed by atoms with E-state index < -0.39 is 11.7 Å². The molecule has 4 nitrogen and oxygen atoms in total. The molecule has 0 unspecified atom stereocenters. The molecule has 0 bridgehead atoms. The van der Waals surface area contributed by atoms with Crippen LogP contribution in [0.1, 0.15) is 29.6 Å². The summed E-state index contributed by atoms with van der Waals surface area (Å²) in [6, 6.07) is 7.77. The van der Waals surface area contributed by atoms with Crippen molar-refractivity contribution in [3.8, 4) is 0 Å². The molecule has 1 saturated heterocycles. The van der Waals surface area contributed by atoms with E-state index in [1.807, 2.05) is 6.07 Å². The lowest BCUT2D eigenvalue weighted by Crippen LogP contribution is -2.29. The van der Waals surface area contributed by atoms with Crippen LogP contribution in [0.2, 0.25) is 5.02 Å². The van der Waals surface area contributed by atoms with Gasteiger partial charge in [0.1, 0.15) is 11.6 Å². The summed E-state index contributed by atoms with van der Waals surface area (Å²) >= 11 is 5.89. The van der Waals surface area contributed by atoms with E-state index in [1.165, 1.54) is 37.5 Å². The van der Waals surface area contributed by atoms with Gasteiger partial charge in [0.15, 0.2) is 0 Å². The number of hydrogen-bond acceptors (Lipinski definition) is 3. The van der Waals surface area contributed by atoms with Crippen molar-refractivity contribution in [2.75, 3.05) is 23.3 Å². The van der Waals surface area contributed by atoms with E-state index in [-0.39, 0.29) is 10.6 Å². The minimum Gasteiger partial charge on any atom is -0.370 e. The molecule has 0 saturated carbocycles. The Balaban J connectivity index is 1.72. The zero-order valence-corrected chi connectivity index (χ0v) is 13.3. The van der Waals surface area contributed by atoms with E-state index in [9.17, 15) is 9.18 Å². The van der Waals surface area contributed by atoms with Crippen LogP contribution in [-0.2, 0) is 0 Å². The van der Waals surface area contributed by atoms with Crippen molar-refractivity contribution < 1.29 is 9.18 Å². The van der Waals surface area contributed by atoms with Gasteiger partial charge < -0.3 is 10.2 Å². The van der Waals surface area contributed by atoms with Gasteiger partial charge in [0.05, 0.1) is 22.5 Å². The van der Waals surface area contributed by atoms with Gasteiger partial charge in [0.25, 0.3) is 5.91 Å². The van der Waals surface area contributed by atoms with Crippen LogP contribution in [0.25, 0.3) is 0 Å². The molecule has 0 spiro atoms. The number of nitrogens with zero attached hydrogens (tertiary/aromatic N) is 2. The maximum Gasteiger partial charge on any atom is 0.261 e. The number of piperidine rings is 1. The minimum atomic E-state index is -0.653. The van der Waals surface area contributed by atoms with Crippen molar-refractivity contribution in [2.24, 2.45) is 0 Å². The quantitative estimate of drug-likeness (QED) is 0.919. The van der Waals surface area contributed by atoms with E-state index in [2.05, 4.69) is 15.2 Å². The monoisotopic (exact) mass is 333 g/mol. The second kappa shape index (κ2) is 6.96. The van der Waals surface area contributed by atoms with Gasteiger partial charge in [-0.1, -0.05) is 17.7 Å². The van der Waals surface area contributed by atoms with Crippen LogP contribution in [0.15, 0.2) is 36.5 Å². The molecule has 23 heavy (non-hydrogen) atoms. The van der Waals surface area contributed by atoms with Gasteiger partial charge in [-0.3, -0.25) is 4.79 Å². The van der Waals surface area contributed by atoms with Crippen LogP contribution in [0.4, 0.5) is 15.9 Å². The lowest BCUT2D eigenvalue weighted by Gasteiger charge is -2.28. The number of anilines is 2. The first-order valence-corrected chi connectivity index (χ1v) is 7.99. The summed E-state index contributed by atoms with van der Waals surface area (Å²) < 4.78 is 13.7. The maximum absolute atomic E-state index is 13.7. The first-order valence-electron chi connectivity index (χ1n) is 7.61. The summed E-state index contributed by atoms with van der Waals surface area (Å²) in [6.07, 6.45) is 5.36. The Labute approximate surface area is 139 Å². The third-order valence-electron chi connectivity index (χ3n) is 3.90. The van der Waals surface area contributed by atoms with Gasteiger partial charge in [-0.15, -0.1) is 0 Å². The van der Waals surface area contributed by atoms with E-state index in [4.69, 9.17) is 11.6 Å². The number of rotatable bonds is 3.